The van der Waals surface area contributed by atoms with Crippen LogP contribution >= 0.6 is 0 Å². The van der Waals surface area contributed by atoms with Crippen LogP contribution in [0.15, 0.2) is 12.1 Å². The first-order valence-corrected chi connectivity index (χ1v) is 4.19. The van der Waals surface area contributed by atoms with E-state index in [0.29, 0.717) is 5.56 Å². The molecule has 0 aliphatic carbocycles. The molecular formula is C10H11F2NO. The monoisotopic (exact) mass is 199 g/mol. The standard InChI is InChI=1S/C10H11F2NO/c1-5-3-8(11)9(12)4-7(5)10(14)6(2)13/h3-4,6H,13H2,1-2H3. The summed E-state index contributed by atoms with van der Waals surface area (Å²) in [6, 6.07) is 1.17. The van der Waals surface area contributed by atoms with Crippen LogP contribution in [0.4, 0.5) is 8.78 Å². The quantitative estimate of drug-likeness (QED) is 0.738. The molecule has 0 bridgehead atoms. The van der Waals surface area contributed by atoms with E-state index in [0.717, 1.165) is 12.1 Å². The average molecular weight is 199 g/mol. The van der Waals surface area contributed by atoms with Gasteiger partial charge in [-0.1, -0.05) is 0 Å². The summed E-state index contributed by atoms with van der Waals surface area (Å²) < 4.78 is 25.5. The van der Waals surface area contributed by atoms with Crippen molar-refractivity contribution in [2.24, 2.45) is 5.73 Å². The lowest BCUT2D eigenvalue weighted by molar-refractivity contribution is 0.0967. The van der Waals surface area contributed by atoms with Gasteiger partial charge in [-0.25, -0.2) is 8.78 Å². The third-order valence-corrected chi connectivity index (χ3v) is 1.95. The lowest BCUT2D eigenvalue weighted by Crippen LogP contribution is -2.27. The highest BCUT2D eigenvalue weighted by Gasteiger charge is 2.16. The number of ketones is 1. The highest BCUT2D eigenvalue weighted by Crippen LogP contribution is 2.15. The Morgan fingerprint density at radius 1 is 1.36 bits per heavy atom. The number of carbonyl (C=O) groups excluding carboxylic acids is 1. The van der Waals surface area contributed by atoms with Gasteiger partial charge in [0, 0.05) is 5.56 Å². The molecule has 1 aromatic carbocycles. The van der Waals surface area contributed by atoms with Crippen LogP contribution in [-0.2, 0) is 0 Å². The molecule has 1 aromatic rings. The van der Waals surface area contributed by atoms with Crippen molar-refractivity contribution in [1.29, 1.82) is 0 Å². The molecule has 0 radical (unpaired) electrons. The molecule has 1 unspecified atom stereocenters. The fourth-order valence-electron chi connectivity index (χ4n) is 1.16. The van der Waals surface area contributed by atoms with Gasteiger partial charge in [0.1, 0.15) is 0 Å². The van der Waals surface area contributed by atoms with Crippen LogP contribution in [0.3, 0.4) is 0 Å². The van der Waals surface area contributed by atoms with Crippen molar-refractivity contribution in [2.75, 3.05) is 0 Å². The number of Topliss-reactive ketones (excluding diaryl/α,β-unsaturated/α-hetero) is 1. The first-order chi connectivity index (χ1) is 6.43. The lowest BCUT2D eigenvalue weighted by Gasteiger charge is -2.08. The van der Waals surface area contributed by atoms with Crippen LogP contribution < -0.4 is 5.73 Å². The third kappa shape index (κ3) is 1.96. The molecule has 0 fully saturated rings. The summed E-state index contributed by atoms with van der Waals surface area (Å²) in [5.41, 5.74) is 5.89. The molecule has 2 nitrogen and oxygen atoms in total. The van der Waals surface area contributed by atoms with Crippen LogP contribution in [0.25, 0.3) is 0 Å². The molecule has 4 heteroatoms. The Kier molecular flexibility index (Phi) is 2.96. The summed E-state index contributed by atoms with van der Waals surface area (Å²) in [6.07, 6.45) is 0. The van der Waals surface area contributed by atoms with Crippen LogP contribution in [0, 0.1) is 18.6 Å². The zero-order chi connectivity index (χ0) is 10.9. The summed E-state index contributed by atoms with van der Waals surface area (Å²) >= 11 is 0. The van der Waals surface area contributed by atoms with Crippen LogP contribution in [-0.4, -0.2) is 11.8 Å². The average Bonchev–Trinajstić information content (AvgIpc) is 2.10. The van der Waals surface area contributed by atoms with E-state index >= 15 is 0 Å². The molecule has 0 saturated carbocycles. The van der Waals surface area contributed by atoms with E-state index in [1.54, 1.807) is 0 Å². The molecule has 0 amide bonds. The Morgan fingerprint density at radius 3 is 2.36 bits per heavy atom. The number of hydrogen-bond acceptors (Lipinski definition) is 2. The number of nitrogens with two attached hydrogens (primary N) is 1. The summed E-state index contributed by atoms with van der Waals surface area (Å²) in [7, 11) is 0. The van der Waals surface area contributed by atoms with Crippen molar-refractivity contribution in [2.45, 2.75) is 19.9 Å². The van der Waals surface area contributed by atoms with Crippen molar-refractivity contribution in [3.63, 3.8) is 0 Å². The minimum absolute atomic E-state index is 0.138. The van der Waals surface area contributed by atoms with Gasteiger partial charge in [0.25, 0.3) is 0 Å². The van der Waals surface area contributed by atoms with E-state index < -0.39 is 17.7 Å². The first-order valence-electron chi connectivity index (χ1n) is 4.19. The summed E-state index contributed by atoms with van der Waals surface area (Å²) in [4.78, 5) is 11.4. The molecule has 1 rings (SSSR count). The first kappa shape index (κ1) is 10.8. The molecule has 0 saturated heterocycles. The molecular weight excluding hydrogens is 188 g/mol. The van der Waals surface area contributed by atoms with Gasteiger partial charge in [0.05, 0.1) is 6.04 Å². The third-order valence-electron chi connectivity index (χ3n) is 1.95. The summed E-state index contributed by atoms with van der Waals surface area (Å²) in [5.74, 6) is -2.37. The predicted molar refractivity (Wildman–Crippen MR) is 49.1 cm³/mol. The van der Waals surface area contributed by atoms with Gasteiger partial charge in [0.2, 0.25) is 0 Å². The van der Waals surface area contributed by atoms with Crippen LogP contribution in [0.5, 0.6) is 0 Å². The van der Waals surface area contributed by atoms with Gasteiger partial charge in [-0.05, 0) is 31.5 Å². The Bertz CT molecular complexity index is 375. The van der Waals surface area contributed by atoms with E-state index in [2.05, 4.69) is 0 Å². The van der Waals surface area contributed by atoms with Crippen molar-refractivity contribution in [3.8, 4) is 0 Å². The largest absolute Gasteiger partial charge is 0.321 e. The molecule has 0 aromatic heterocycles. The van der Waals surface area contributed by atoms with Gasteiger partial charge in [-0.2, -0.15) is 0 Å². The predicted octanol–water partition coefficient (Wildman–Crippen LogP) is 1.80. The van der Waals surface area contributed by atoms with Gasteiger partial charge in [-0.3, -0.25) is 4.79 Å². The molecule has 1 atom stereocenters. The number of carbonyl (C=O) groups is 1. The van der Waals surface area contributed by atoms with Crippen molar-refractivity contribution >= 4 is 5.78 Å². The number of hydrogen-bond donors (Lipinski definition) is 1. The van der Waals surface area contributed by atoms with Crippen LogP contribution in [0.2, 0.25) is 0 Å². The topological polar surface area (TPSA) is 43.1 Å². The maximum absolute atomic E-state index is 12.8. The number of benzene rings is 1. The van der Waals surface area contributed by atoms with E-state index in [1.165, 1.54) is 13.8 Å². The van der Waals surface area contributed by atoms with E-state index in [4.69, 9.17) is 5.73 Å². The van der Waals surface area contributed by atoms with Gasteiger partial charge >= 0.3 is 0 Å². The molecule has 14 heavy (non-hydrogen) atoms. The summed E-state index contributed by atoms with van der Waals surface area (Å²) in [5, 5.41) is 0. The molecule has 0 spiro atoms. The van der Waals surface area contributed by atoms with E-state index in [1.807, 2.05) is 0 Å². The zero-order valence-corrected chi connectivity index (χ0v) is 7.97. The Balaban J connectivity index is 3.22. The highest BCUT2D eigenvalue weighted by molar-refractivity contribution is 6.00. The van der Waals surface area contributed by atoms with Gasteiger partial charge < -0.3 is 5.73 Å². The maximum Gasteiger partial charge on any atom is 0.179 e. The fourth-order valence-corrected chi connectivity index (χ4v) is 1.16. The Labute approximate surface area is 80.7 Å². The molecule has 0 aliphatic rings. The highest BCUT2D eigenvalue weighted by atomic mass is 19.2. The van der Waals surface area contributed by atoms with E-state index in [9.17, 15) is 13.6 Å². The molecule has 0 heterocycles. The van der Waals surface area contributed by atoms with Crippen molar-refractivity contribution in [1.82, 2.24) is 0 Å². The Morgan fingerprint density at radius 2 is 1.86 bits per heavy atom. The van der Waals surface area contributed by atoms with E-state index in [-0.39, 0.29) is 11.3 Å². The van der Waals surface area contributed by atoms with Crippen molar-refractivity contribution < 1.29 is 13.6 Å². The molecule has 2 N–H and O–H groups in total. The smallest absolute Gasteiger partial charge is 0.179 e. The molecule has 0 aliphatic heterocycles. The second-order valence-corrected chi connectivity index (χ2v) is 3.23. The maximum atomic E-state index is 12.8. The van der Waals surface area contributed by atoms with Gasteiger partial charge in [0.15, 0.2) is 17.4 Å². The summed E-state index contributed by atoms with van der Waals surface area (Å²) in [6.45, 7) is 3.04. The number of halogens is 2. The minimum atomic E-state index is -1.03. The number of aryl methyl sites for hydroxylation is 1. The van der Waals surface area contributed by atoms with Crippen LogP contribution in [0.1, 0.15) is 22.8 Å². The molecule has 76 valence electrons. The fraction of sp³-hybridized carbons (Fsp3) is 0.300. The second kappa shape index (κ2) is 3.84. The Hall–Kier alpha value is -1.29. The minimum Gasteiger partial charge on any atom is -0.321 e. The van der Waals surface area contributed by atoms with Crippen molar-refractivity contribution in [3.05, 3.63) is 34.9 Å². The zero-order valence-electron chi connectivity index (χ0n) is 7.97. The normalized spacial score (nSPS) is 12.6. The van der Waals surface area contributed by atoms with Gasteiger partial charge in [-0.15, -0.1) is 0 Å². The number of rotatable bonds is 2. The lowest BCUT2D eigenvalue weighted by atomic mass is 10.0. The SMILES string of the molecule is Cc1cc(F)c(F)cc1C(=O)C(C)N. The second-order valence-electron chi connectivity index (χ2n) is 3.23.